The number of hydrogen-bond donors (Lipinski definition) is 1. The lowest BCUT2D eigenvalue weighted by atomic mass is 9.98. The summed E-state index contributed by atoms with van der Waals surface area (Å²) in [5.74, 6) is 1.12. The summed E-state index contributed by atoms with van der Waals surface area (Å²) < 4.78 is 10.8. The Kier molecular flexibility index (Phi) is 9.76. The summed E-state index contributed by atoms with van der Waals surface area (Å²) in [7, 11) is 4.86. The van der Waals surface area contributed by atoms with Crippen LogP contribution in [0.1, 0.15) is 57.1 Å². The Labute approximate surface area is 215 Å². The smallest absolute Gasteiger partial charge is 0.245 e. The van der Waals surface area contributed by atoms with Gasteiger partial charge in [0, 0.05) is 38.0 Å². The van der Waals surface area contributed by atoms with E-state index in [9.17, 15) is 14.7 Å². The van der Waals surface area contributed by atoms with Gasteiger partial charge in [-0.05, 0) is 42.2 Å². The quantitative estimate of drug-likeness (QED) is 0.466. The fraction of sp³-hybridized carbons (Fsp3) is 0.517. The molecule has 0 bridgehead atoms. The first-order valence-electron chi connectivity index (χ1n) is 12.9. The summed E-state index contributed by atoms with van der Waals surface area (Å²) in [6, 6.07) is 11.1. The Bertz CT molecular complexity index is 1010. The van der Waals surface area contributed by atoms with Crippen LogP contribution in [-0.2, 0) is 22.6 Å². The zero-order chi connectivity index (χ0) is 26.2. The van der Waals surface area contributed by atoms with Crippen LogP contribution in [0, 0.1) is 0 Å². The maximum absolute atomic E-state index is 13.6. The minimum absolute atomic E-state index is 0.00962. The Morgan fingerprint density at radius 3 is 2.33 bits per heavy atom. The number of hydrogen-bond acceptors (Lipinski definition) is 5. The number of unbranched alkanes of at least 4 members (excludes halogenated alkanes) is 3. The van der Waals surface area contributed by atoms with Crippen molar-refractivity contribution < 1.29 is 24.2 Å². The van der Waals surface area contributed by atoms with E-state index in [2.05, 4.69) is 6.92 Å². The van der Waals surface area contributed by atoms with Crippen molar-refractivity contribution in [1.29, 1.82) is 0 Å². The van der Waals surface area contributed by atoms with E-state index in [0.29, 0.717) is 36.4 Å². The molecule has 196 valence electrons. The van der Waals surface area contributed by atoms with Gasteiger partial charge >= 0.3 is 0 Å². The van der Waals surface area contributed by atoms with E-state index >= 15 is 0 Å². The molecule has 1 heterocycles. The number of aliphatic hydroxyl groups excluding tert-OH is 1. The van der Waals surface area contributed by atoms with Crippen molar-refractivity contribution in [2.24, 2.45) is 0 Å². The topological polar surface area (TPSA) is 79.3 Å². The molecular formula is C29H40N2O5. The van der Waals surface area contributed by atoms with Crippen LogP contribution >= 0.6 is 0 Å². The monoisotopic (exact) mass is 496 g/mol. The van der Waals surface area contributed by atoms with E-state index in [1.807, 2.05) is 48.2 Å². The van der Waals surface area contributed by atoms with E-state index < -0.39 is 6.04 Å². The number of amides is 2. The molecule has 36 heavy (non-hydrogen) atoms. The molecule has 2 aromatic rings. The number of methoxy groups -OCH3 is 2. The molecule has 0 saturated carbocycles. The van der Waals surface area contributed by atoms with Crippen molar-refractivity contribution in [2.75, 3.05) is 27.8 Å². The van der Waals surface area contributed by atoms with Crippen molar-refractivity contribution in [3.63, 3.8) is 0 Å². The number of ether oxygens (including phenoxy) is 2. The lowest BCUT2D eigenvalue weighted by molar-refractivity contribution is -0.140. The number of rotatable bonds is 11. The third-order valence-electron chi connectivity index (χ3n) is 7.13. The second-order valence-electron chi connectivity index (χ2n) is 9.60. The fourth-order valence-electron chi connectivity index (χ4n) is 4.90. The highest BCUT2D eigenvalue weighted by molar-refractivity contribution is 5.90. The normalized spacial score (nSPS) is 18.4. The molecule has 3 rings (SSSR count). The molecule has 2 unspecified atom stereocenters. The second-order valence-corrected chi connectivity index (χ2v) is 9.60. The molecule has 7 heteroatoms. The van der Waals surface area contributed by atoms with Gasteiger partial charge in [-0.15, -0.1) is 0 Å². The molecular weight excluding hydrogens is 456 g/mol. The molecule has 0 spiro atoms. The van der Waals surface area contributed by atoms with Gasteiger partial charge in [0.1, 0.15) is 6.04 Å². The molecule has 1 aliphatic heterocycles. The highest BCUT2D eigenvalue weighted by atomic mass is 16.5. The number of carbonyl (C=O) groups excluding carboxylic acids is 2. The van der Waals surface area contributed by atoms with Crippen LogP contribution in [0.5, 0.6) is 11.5 Å². The largest absolute Gasteiger partial charge is 0.493 e. The maximum Gasteiger partial charge on any atom is 0.245 e. The van der Waals surface area contributed by atoms with Crippen LogP contribution in [0.2, 0.25) is 0 Å². The summed E-state index contributed by atoms with van der Waals surface area (Å²) in [6.07, 6.45) is 5.19. The molecule has 0 aromatic heterocycles. The molecule has 2 aromatic carbocycles. The first kappa shape index (κ1) is 27.5. The third-order valence-corrected chi connectivity index (χ3v) is 7.13. The zero-order valence-electron chi connectivity index (χ0n) is 22.3. The Morgan fingerprint density at radius 2 is 1.72 bits per heavy atom. The number of carbonyl (C=O) groups is 2. The fourth-order valence-corrected chi connectivity index (χ4v) is 4.90. The van der Waals surface area contributed by atoms with Crippen LogP contribution in [-0.4, -0.2) is 66.6 Å². The molecule has 1 fully saturated rings. The molecule has 2 amide bonds. The number of likely N-dealkylation sites (N-methyl/N-ethyl adjacent to an activating group) is 1. The molecule has 0 aliphatic carbocycles. The van der Waals surface area contributed by atoms with Gasteiger partial charge in [0.15, 0.2) is 11.5 Å². The summed E-state index contributed by atoms with van der Waals surface area (Å²) in [5.41, 5.74) is 3.48. The predicted octanol–water partition coefficient (Wildman–Crippen LogP) is 4.43. The van der Waals surface area contributed by atoms with Crippen molar-refractivity contribution >= 4 is 11.8 Å². The lowest BCUT2D eigenvalue weighted by Gasteiger charge is -2.30. The van der Waals surface area contributed by atoms with E-state index in [4.69, 9.17) is 9.47 Å². The standard InChI is InChI=1S/C29H40N2O5/c1-6-7-8-9-14-31-20(2)15-27(33)30(3)25(29(31)34)16-21-10-12-22(13-11-21)23-17-24(19-32)28(36-5)26(18-23)35-4/h10-13,17-18,20,25,32H,6-9,14-16,19H2,1-5H3. The second kappa shape index (κ2) is 12.8. The first-order valence-corrected chi connectivity index (χ1v) is 12.9. The molecule has 7 nitrogen and oxygen atoms in total. The van der Waals surface area contributed by atoms with Crippen molar-refractivity contribution in [3.8, 4) is 22.6 Å². The van der Waals surface area contributed by atoms with Gasteiger partial charge < -0.3 is 24.4 Å². The van der Waals surface area contributed by atoms with Gasteiger partial charge in [0.25, 0.3) is 0 Å². The summed E-state index contributed by atoms with van der Waals surface area (Å²) in [6.45, 7) is 4.68. The van der Waals surface area contributed by atoms with Crippen molar-refractivity contribution in [3.05, 3.63) is 47.5 Å². The average Bonchev–Trinajstić information content (AvgIpc) is 2.96. The third kappa shape index (κ3) is 6.19. The van der Waals surface area contributed by atoms with Gasteiger partial charge in [0.05, 0.1) is 20.8 Å². The maximum atomic E-state index is 13.6. The number of benzene rings is 2. The Balaban J connectivity index is 1.81. The predicted molar refractivity (Wildman–Crippen MR) is 141 cm³/mol. The van der Waals surface area contributed by atoms with Gasteiger partial charge in [-0.3, -0.25) is 9.59 Å². The summed E-state index contributed by atoms with van der Waals surface area (Å²) in [5, 5.41) is 9.78. The van der Waals surface area contributed by atoms with Crippen molar-refractivity contribution in [1.82, 2.24) is 9.80 Å². The van der Waals surface area contributed by atoms with Crippen LogP contribution in [0.4, 0.5) is 0 Å². The minimum atomic E-state index is -0.512. The van der Waals surface area contributed by atoms with Crippen LogP contribution in [0.3, 0.4) is 0 Å². The average molecular weight is 497 g/mol. The van der Waals surface area contributed by atoms with Gasteiger partial charge in [-0.2, -0.15) is 0 Å². The first-order chi connectivity index (χ1) is 17.3. The molecule has 0 radical (unpaired) electrons. The van der Waals surface area contributed by atoms with Gasteiger partial charge in [-0.25, -0.2) is 0 Å². The molecule has 1 N–H and O–H groups in total. The minimum Gasteiger partial charge on any atom is -0.493 e. The van der Waals surface area contributed by atoms with Crippen molar-refractivity contribution in [2.45, 2.75) is 71.1 Å². The summed E-state index contributed by atoms with van der Waals surface area (Å²) >= 11 is 0. The Hall–Kier alpha value is -3.06. The summed E-state index contributed by atoms with van der Waals surface area (Å²) in [4.78, 5) is 29.9. The number of aliphatic hydroxyl groups is 1. The highest BCUT2D eigenvalue weighted by Gasteiger charge is 2.37. The van der Waals surface area contributed by atoms with E-state index in [1.165, 1.54) is 0 Å². The Morgan fingerprint density at radius 1 is 1.00 bits per heavy atom. The van der Waals surface area contributed by atoms with Gasteiger partial charge in [-0.1, -0.05) is 50.5 Å². The highest BCUT2D eigenvalue weighted by Crippen LogP contribution is 2.36. The number of nitrogens with zero attached hydrogens (tertiary/aromatic N) is 2. The SMILES string of the molecule is CCCCCCN1C(=O)C(Cc2ccc(-c3cc(CO)c(OC)c(OC)c3)cc2)N(C)C(=O)CC1C. The molecule has 2 atom stereocenters. The molecule has 1 aliphatic rings. The van der Waals surface area contributed by atoms with Gasteiger partial charge in [0.2, 0.25) is 11.8 Å². The zero-order valence-corrected chi connectivity index (χ0v) is 22.3. The van der Waals surface area contributed by atoms with Crippen LogP contribution in [0.15, 0.2) is 36.4 Å². The lowest BCUT2D eigenvalue weighted by Crippen LogP contribution is -2.48. The van der Waals surface area contributed by atoms with E-state index in [-0.39, 0.29) is 24.5 Å². The van der Waals surface area contributed by atoms with E-state index in [0.717, 1.165) is 42.4 Å². The van der Waals surface area contributed by atoms with E-state index in [1.54, 1.807) is 26.2 Å². The van der Waals surface area contributed by atoms with Crippen LogP contribution < -0.4 is 9.47 Å². The van der Waals surface area contributed by atoms with Crippen LogP contribution in [0.25, 0.3) is 11.1 Å². The molecule has 1 saturated heterocycles.